The zero-order valence-corrected chi connectivity index (χ0v) is 13.8. The van der Waals surface area contributed by atoms with E-state index in [1.807, 2.05) is 0 Å². The maximum absolute atomic E-state index is 2.39. The largest absolute Gasteiger partial charge is 0.130 e. The van der Waals surface area contributed by atoms with Crippen LogP contribution in [-0.4, -0.2) is 6.26 Å². The number of thioether (sulfide) groups is 1. The van der Waals surface area contributed by atoms with Crippen molar-refractivity contribution >= 4 is 11.8 Å². The second-order valence-electron chi connectivity index (χ2n) is 5.56. The second-order valence-corrected chi connectivity index (χ2v) is 6.44. The molecule has 0 heterocycles. The molecule has 2 rings (SSSR count). The summed E-state index contributed by atoms with van der Waals surface area (Å²) in [5.41, 5.74) is 5.64. The van der Waals surface area contributed by atoms with Crippen LogP contribution in [0.4, 0.5) is 0 Å². The first-order chi connectivity index (χ1) is 9.65. The molecule has 0 radical (unpaired) electrons. The molecule has 0 nitrogen and oxygen atoms in total. The Morgan fingerprint density at radius 2 is 1.85 bits per heavy atom. The van der Waals surface area contributed by atoms with Gasteiger partial charge in [0.2, 0.25) is 0 Å². The summed E-state index contributed by atoms with van der Waals surface area (Å²) in [6, 6.07) is 15.9. The van der Waals surface area contributed by atoms with Gasteiger partial charge in [0.05, 0.1) is 0 Å². The first-order valence-electron chi connectivity index (χ1n) is 7.43. The van der Waals surface area contributed by atoms with Crippen molar-refractivity contribution in [2.45, 2.75) is 44.4 Å². The lowest BCUT2D eigenvalue weighted by molar-refractivity contribution is 0.863. The van der Waals surface area contributed by atoms with E-state index in [0.29, 0.717) is 5.92 Å². The van der Waals surface area contributed by atoms with Crippen LogP contribution in [-0.2, 0) is 6.42 Å². The minimum atomic E-state index is 0.554. The Morgan fingerprint density at radius 1 is 1.05 bits per heavy atom. The topological polar surface area (TPSA) is 0 Å². The van der Waals surface area contributed by atoms with Gasteiger partial charge >= 0.3 is 0 Å². The van der Waals surface area contributed by atoms with Gasteiger partial charge in [-0.15, -0.1) is 11.8 Å². The molecule has 0 saturated heterocycles. The lowest BCUT2D eigenvalue weighted by atomic mass is 9.90. The summed E-state index contributed by atoms with van der Waals surface area (Å²) < 4.78 is 0. The van der Waals surface area contributed by atoms with Crippen LogP contribution in [0.5, 0.6) is 0 Å². The average Bonchev–Trinajstić information content (AvgIpc) is 2.47. The van der Waals surface area contributed by atoms with Gasteiger partial charge in [0, 0.05) is 4.90 Å². The quantitative estimate of drug-likeness (QED) is 0.593. The summed E-state index contributed by atoms with van der Waals surface area (Å²) in [5, 5.41) is 0. The Bertz CT molecular complexity index is 570. The number of hydrogen-bond acceptors (Lipinski definition) is 1. The highest BCUT2D eigenvalue weighted by atomic mass is 32.2. The molecule has 2 aromatic rings. The minimum Gasteiger partial charge on any atom is -0.130 e. The summed E-state index contributed by atoms with van der Waals surface area (Å²) in [5.74, 6) is 0.554. The molecule has 0 aliphatic carbocycles. The van der Waals surface area contributed by atoms with Gasteiger partial charge in [-0.1, -0.05) is 57.5 Å². The molecule has 0 atom stereocenters. The summed E-state index contributed by atoms with van der Waals surface area (Å²) >= 11 is 1.81. The molecule has 0 aliphatic heterocycles. The summed E-state index contributed by atoms with van der Waals surface area (Å²) in [7, 11) is 0. The third kappa shape index (κ3) is 3.46. The molecule has 0 aliphatic rings. The van der Waals surface area contributed by atoms with Gasteiger partial charge in [0.25, 0.3) is 0 Å². The van der Waals surface area contributed by atoms with E-state index in [4.69, 9.17) is 0 Å². The predicted molar refractivity (Wildman–Crippen MR) is 91.7 cm³/mol. The van der Waals surface area contributed by atoms with Crippen LogP contribution in [0.15, 0.2) is 47.4 Å². The molecule has 20 heavy (non-hydrogen) atoms. The number of aryl methyl sites for hydroxylation is 1. The van der Waals surface area contributed by atoms with E-state index in [-0.39, 0.29) is 0 Å². The molecule has 0 saturated carbocycles. The average molecular weight is 284 g/mol. The lowest BCUT2D eigenvalue weighted by Gasteiger charge is -2.15. The van der Waals surface area contributed by atoms with Crippen molar-refractivity contribution in [3.63, 3.8) is 0 Å². The summed E-state index contributed by atoms with van der Waals surface area (Å²) in [6.07, 6.45) is 4.49. The van der Waals surface area contributed by atoms with Gasteiger partial charge < -0.3 is 0 Å². The fraction of sp³-hybridized carbons (Fsp3) is 0.368. The Kier molecular flexibility index (Phi) is 5.31. The molecule has 0 unspecified atom stereocenters. The van der Waals surface area contributed by atoms with E-state index < -0.39 is 0 Å². The van der Waals surface area contributed by atoms with Crippen LogP contribution < -0.4 is 0 Å². The van der Waals surface area contributed by atoms with Gasteiger partial charge in [-0.05, 0) is 53.0 Å². The van der Waals surface area contributed by atoms with Gasteiger partial charge in [0.15, 0.2) is 0 Å². The van der Waals surface area contributed by atoms with Crippen LogP contribution in [0.2, 0.25) is 0 Å². The van der Waals surface area contributed by atoms with E-state index in [1.165, 1.54) is 33.6 Å². The zero-order chi connectivity index (χ0) is 14.5. The van der Waals surface area contributed by atoms with Crippen LogP contribution in [0.25, 0.3) is 11.1 Å². The normalized spacial score (nSPS) is 11.1. The van der Waals surface area contributed by atoms with Gasteiger partial charge in [-0.2, -0.15) is 0 Å². The van der Waals surface area contributed by atoms with Crippen molar-refractivity contribution in [3.05, 3.63) is 53.6 Å². The fourth-order valence-electron chi connectivity index (χ4n) is 2.59. The van der Waals surface area contributed by atoms with Gasteiger partial charge in [-0.25, -0.2) is 0 Å². The van der Waals surface area contributed by atoms with Crippen LogP contribution >= 0.6 is 11.8 Å². The van der Waals surface area contributed by atoms with E-state index in [9.17, 15) is 0 Å². The third-order valence-corrected chi connectivity index (χ3v) is 4.38. The van der Waals surface area contributed by atoms with Crippen molar-refractivity contribution in [1.29, 1.82) is 0 Å². The van der Waals surface area contributed by atoms with Crippen LogP contribution in [0, 0.1) is 0 Å². The monoisotopic (exact) mass is 284 g/mol. The molecule has 2 aromatic carbocycles. The van der Waals surface area contributed by atoms with Crippen molar-refractivity contribution in [2.75, 3.05) is 6.26 Å². The van der Waals surface area contributed by atoms with E-state index in [1.54, 1.807) is 11.8 Å². The Hall–Kier alpha value is -1.21. The van der Waals surface area contributed by atoms with E-state index >= 15 is 0 Å². The van der Waals surface area contributed by atoms with E-state index in [2.05, 4.69) is 69.5 Å². The fourth-order valence-corrected chi connectivity index (χ4v) is 3.05. The number of rotatable bonds is 5. The Labute approximate surface area is 127 Å². The van der Waals surface area contributed by atoms with E-state index in [0.717, 1.165) is 6.42 Å². The molecule has 106 valence electrons. The highest BCUT2D eigenvalue weighted by Gasteiger charge is 2.10. The molecule has 0 amide bonds. The highest BCUT2D eigenvalue weighted by molar-refractivity contribution is 7.98. The SMILES string of the molecule is CCCc1ccc(C(C)C)c(-c2cccc(SC)c2)c1. The molecule has 0 bridgehead atoms. The molecule has 0 fully saturated rings. The lowest BCUT2D eigenvalue weighted by Crippen LogP contribution is -1.95. The molecule has 0 spiro atoms. The van der Waals surface area contributed by atoms with Crippen molar-refractivity contribution in [2.24, 2.45) is 0 Å². The smallest absolute Gasteiger partial charge is 0.00752 e. The summed E-state index contributed by atoms with van der Waals surface area (Å²) in [6.45, 7) is 6.79. The van der Waals surface area contributed by atoms with Crippen LogP contribution in [0.3, 0.4) is 0 Å². The summed E-state index contributed by atoms with van der Waals surface area (Å²) in [4.78, 5) is 1.33. The third-order valence-electron chi connectivity index (χ3n) is 3.66. The van der Waals surface area contributed by atoms with Gasteiger partial charge in [0.1, 0.15) is 0 Å². The Balaban J connectivity index is 2.53. The second kappa shape index (κ2) is 6.99. The van der Waals surface area contributed by atoms with Crippen LogP contribution in [0.1, 0.15) is 44.2 Å². The molecular weight excluding hydrogens is 260 g/mol. The first kappa shape index (κ1) is 15.2. The Morgan fingerprint density at radius 3 is 2.50 bits per heavy atom. The molecule has 0 aromatic heterocycles. The highest BCUT2D eigenvalue weighted by Crippen LogP contribution is 2.32. The first-order valence-corrected chi connectivity index (χ1v) is 8.65. The maximum atomic E-state index is 2.39. The molecule has 1 heteroatoms. The molecular formula is C19H24S. The van der Waals surface area contributed by atoms with Gasteiger partial charge in [-0.3, -0.25) is 0 Å². The maximum Gasteiger partial charge on any atom is 0.00752 e. The standard InChI is InChI=1S/C19H24S/c1-5-7-15-10-11-18(14(2)3)19(12-15)16-8-6-9-17(13-16)20-4/h6,8-14H,5,7H2,1-4H3. The number of hydrogen-bond donors (Lipinski definition) is 0. The minimum absolute atomic E-state index is 0.554. The van der Waals surface area contributed by atoms with Crippen molar-refractivity contribution in [1.82, 2.24) is 0 Å². The zero-order valence-electron chi connectivity index (χ0n) is 12.9. The van der Waals surface area contributed by atoms with Crippen molar-refractivity contribution < 1.29 is 0 Å². The van der Waals surface area contributed by atoms with Crippen molar-refractivity contribution in [3.8, 4) is 11.1 Å². The number of benzene rings is 2. The molecule has 0 N–H and O–H groups in total. The predicted octanol–water partition coefficient (Wildman–Crippen LogP) is 6.15.